The molecule has 22 heavy (non-hydrogen) atoms. The van der Waals surface area contributed by atoms with Gasteiger partial charge in [-0.1, -0.05) is 17.7 Å². The molecule has 1 aliphatic rings. The first kappa shape index (κ1) is 13.6. The van der Waals surface area contributed by atoms with Crippen LogP contribution in [0.15, 0.2) is 30.5 Å². The highest BCUT2D eigenvalue weighted by atomic mass is 35.5. The Morgan fingerprint density at radius 3 is 2.64 bits per heavy atom. The Balaban J connectivity index is 1.76. The minimum absolute atomic E-state index is 0.0373. The number of halogens is 4. The molecule has 4 rings (SSSR count). The maximum absolute atomic E-state index is 13.9. The highest BCUT2D eigenvalue weighted by molar-refractivity contribution is 6.29. The molecular weight excluding hydrogens is 315 g/mol. The summed E-state index contributed by atoms with van der Waals surface area (Å²) in [6.45, 7) is 0. The van der Waals surface area contributed by atoms with Gasteiger partial charge in [0.25, 0.3) is 0 Å². The Kier molecular flexibility index (Phi) is 2.91. The van der Waals surface area contributed by atoms with E-state index in [4.69, 9.17) is 11.6 Å². The fraction of sp³-hybridized carbons (Fsp3) is 0.200. The second kappa shape index (κ2) is 4.71. The van der Waals surface area contributed by atoms with Crippen molar-refractivity contribution in [3.05, 3.63) is 64.3 Å². The molecule has 7 heteroatoms. The van der Waals surface area contributed by atoms with E-state index in [1.54, 1.807) is 6.07 Å². The van der Waals surface area contributed by atoms with Crippen LogP contribution in [0.5, 0.6) is 0 Å². The number of rotatable bonds is 2. The second-order valence-electron chi connectivity index (χ2n) is 5.35. The summed E-state index contributed by atoms with van der Waals surface area (Å²) in [6.07, 6.45) is 1.74. The third-order valence-corrected chi connectivity index (χ3v) is 4.16. The molecule has 0 spiro atoms. The summed E-state index contributed by atoms with van der Waals surface area (Å²) in [7, 11) is 0. The van der Waals surface area contributed by atoms with E-state index in [0.717, 1.165) is 22.3 Å². The molecule has 0 radical (unpaired) electrons. The Morgan fingerprint density at radius 2 is 1.86 bits per heavy atom. The summed E-state index contributed by atoms with van der Waals surface area (Å²) in [5.74, 6) is -1.92. The van der Waals surface area contributed by atoms with Gasteiger partial charge in [-0.3, -0.25) is 0 Å². The fourth-order valence-electron chi connectivity index (χ4n) is 2.89. The number of benzene rings is 1. The smallest absolute Gasteiger partial charge is 0.232 e. The van der Waals surface area contributed by atoms with Crippen LogP contribution in [0.3, 0.4) is 0 Å². The predicted octanol–water partition coefficient (Wildman–Crippen LogP) is 4.07. The highest BCUT2D eigenvalue weighted by Crippen LogP contribution is 2.56. The molecule has 3 nitrogen and oxygen atoms in total. The molecule has 1 aromatic carbocycles. The van der Waals surface area contributed by atoms with Gasteiger partial charge >= 0.3 is 0 Å². The van der Waals surface area contributed by atoms with Gasteiger partial charge in [0.15, 0.2) is 10.8 Å². The first-order valence-corrected chi connectivity index (χ1v) is 7.07. The monoisotopic (exact) mass is 323 g/mol. The molecule has 0 bridgehead atoms. The molecule has 1 aliphatic carbocycles. The molecule has 112 valence electrons. The fourth-order valence-corrected chi connectivity index (χ4v) is 3.08. The number of aromatic nitrogens is 3. The van der Waals surface area contributed by atoms with E-state index in [-0.39, 0.29) is 17.0 Å². The van der Waals surface area contributed by atoms with Crippen molar-refractivity contribution in [3.63, 3.8) is 0 Å². The molecule has 2 atom stereocenters. The van der Waals surface area contributed by atoms with Gasteiger partial charge in [-0.2, -0.15) is 14.0 Å². The van der Waals surface area contributed by atoms with Gasteiger partial charge in [-0.15, -0.1) is 0 Å². The lowest BCUT2D eigenvalue weighted by Crippen LogP contribution is -1.99. The van der Waals surface area contributed by atoms with Gasteiger partial charge < -0.3 is 0 Å². The van der Waals surface area contributed by atoms with Crippen molar-refractivity contribution in [2.24, 2.45) is 0 Å². The zero-order valence-electron chi connectivity index (χ0n) is 11.1. The average molecular weight is 324 g/mol. The van der Waals surface area contributed by atoms with Crippen molar-refractivity contribution >= 4 is 17.2 Å². The summed E-state index contributed by atoms with van der Waals surface area (Å²) in [5.41, 5.74) is 1.54. The topological polar surface area (TPSA) is 30.2 Å². The third-order valence-electron chi connectivity index (χ3n) is 3.98. The van der Waals surface area contributed by atoms with Crippen molar-refractivity contribution in [1.29, 1.82) is 0 Å². The van der Waals surface area contributed by atoms with Gasteiger partial charge in [-0.25, -0.2) is 13.8 Å². The van der Waals surface area contributed by atoms with E-state index >= 15 is 0 Å². The number of imidazole rings is 1. The van der Waals surface area contributed by atoms with Crippen LogP contribution < -0.4 is 0 Å². The maximum atomic E-state index is 13.9. The standard InChI is InChI=1S/C15H9ClF3N3/c16-13-5-11(15-20-6-14(19)22(15)21-13)10-4-9(10)8-2-1-7(17)3-12(8)18/h1-3,5-6,9-10H,4H2/t9-,10+/m1/s1. The molecule has 0 saturated heterocycles. The zero-order valence-corrected chi connectivity index (χ0v) is 11.9. The van der Waals surface area contributed by atoms with Crippen LogP contribution in [0, 0.1) is 17.6 Å². The largest absolute Gasteiger partial charge is 0.234 e. The van der Waals surface area contributed by atoms with E-state index in [2.05, 4.69) is 10.1 Å². The van der Waals surface area contributed by atoms with E-state index in [1.165, 1.54) is 12.1 Å². The summed E-state index contributed by atoms with van der Waals surface area (Å²) in [5, 5.41) is 4.00. The summed E-state index contributed by atoms with van der Waals surface area (Å²) in [6, 6.07) is 5.17. The van der Waals surface area contributed by atoms with Gasteiger partial charge in [0.1, 0.15) is 11.6 Å². The SMILES string of the molecule is Fc1ccc([C@H]2C[C@@H]2c2cc(Cl)nn3c(F)cnc23)c(F)c1. The Labute approximate surface area is 128 Å². The zero-order chi connectivity index (χ0) is 15.4. The number of hydrogen-bond acceptors (Lipinski definition) is 2. The van der Waals surface area contributed by atoms with Crippen molar-refractivity contribution in [2.45, 2.75) is 18.3 Å². The molecule has 0 unspecified atom stereocenters. The summed E-state index contributed by atoms with van der Waals surface area (Å²) in [4.78, 5) is 4.00. The number of nitrogens with zero attached hydrogens (tertiary/aromatic N) is 3. The molecule has 3 aromatic rings. The van der Waals surface area contributed by atoms with Crippen LogP contribution in [0.25, 0.3) is 5.65 Å². The normalized spacial score (nSPS) is 20.5. The first-order chi connectivity index (χ1) is 10.5. The second-order valence-corrected chi connectivity index (χ2v) is 5.74. The summed E-state index contributed by atoms with van der Waals surface area (Å²) < 4.78 is 41.5. The lowest BCUT2D eigenvalue weighted by Gasteiger charge is -2.05. The molecule has 2 heterocycles. The van der Waals surface area contributed by atoms with Crippen LogP contribution in [-0.4, -0.2) is 14.6 Å². The average Bonchev–Trinajstić information content (AvgIpc) is 3.16. The minimum atomic E-state index is -0.608. The van der Waals surface area contributed by atoms with Crippen LogP contribution in [-0.2, 0) is 0 Å². The Hall–Kier alpha value is -2.08. The van der Waals surface area contributed by atoms with E-state index in [1.807, 2.05) is 0 Å². The third kappa shape index (κ3) is 2.06. The van der Waals surface area contributed by atoms with E-state index in [0.29, 0.717) is 17.6 Å². The van der Waals surface area contributed by atoms with Crippen LogP contribution in [0.4, 0.5) is 13.2 Å². The number of fused-ring (bicyclic) bond motifs is 1. The van der Waals surface area contributed by atoms with Gasteiger partial charge in [0.2, 0.25) is 5.95 Å². The van der Waals surface area contributed by atoms with Crippen molar-refractivity contribution in [2.75, 3.05) is 0 Å². The molecule has 2 aromatic heterocycles. The highest BCUT2D eigenvalue weighted by Gasteiger charge is 2.42. The van der Waals surface area contributed by atoms with Gasteiger partial charge in [0, 0.05) is 11.6 Å². The Bertz CT molecular complexity index is 893. The Morgan fingerprint density at radius 1 is 1.09 bits per heavy atom. The first-order valence-electron chi connectivity index (χ1n) is 6.69. The van der Waals surface area contributed by atoms with E-state index in [9.17, 15) is 13.2 Å². The maximum Gasteiger partial charge on any atom is 0.234 e. The molecule has 0 amide bonds. The van der Waals surface area contributed by atoms with Crippen molar-refractivity contribution < 1.29 is 13.2 Å². The molecule has 1 fully saturated rings. The van der Waals surface area contributed by atoms with E-state index < -0.39 is 17.6 Å². The quantitative estimate of drug-likeness (QED) is 0.711. The molecule has 1 saturated carbocycles. The lowest BCUT2D eigenvalue weighted by atomic mass is 10.1. The molecular formula is C15H9ClF3N3. The van der Waals surface area contributed by atoms with Gasteiger partial charge in [-0.05, 0) is 36.0 Å². The summed E-state index contributed by atoms with van der Waals surface area (Å²) >= 11 is 5.92. The van der Waals surface area contributed by atoms with Crippen LogP contribution in [0.1, 0.15) is 29.4 Å². The van der Waals surface area contributed by atoms with Crippen molar-refractivity contribution in [1.82, 2.24) is 14.6 Å². The lowest BCUT2D eigenvalue weighted by molar-refractivity contribution is 0.548. The molecule has 0 N–H and O–H groups in total. The van der Waals surface area contributed by atoms with Crippen LogP contribution >= 0.6 is 11.6 Å². The minimum Gasteiger partial charge on any atom is -0.232 e. The predicted molar refractivity (Wildman–Crippen MR) is 74.4 cm³/mol. The number of hydrogen-bond donors (Lipinski definition) is 0. The van der Waals surface area contributed by atoms with Gasteiger partial charge in [0.05, 0.1) is 6.20 Å². The van der Waals surface area contributed by atoms with Crippen LogP contribution in [0.2, 0.25) is 5.15 Å². The van der Waals surface area contributed by atoms with Crippen molar-refractivity contribution in [3.8, 4) is 0 Å². The molecule has 0 aliphatic heterocycles.